The third-order valence-electron chi connectivity index (χ3n) is 6.92. The number of nitrogens with one attached hydrogen (secondary N) is 2. The molecular formula is C28H30Cl2N4O. The van der Waals surface area contributed by atoms with Crippen molar-refractivity contribution in [3.05, 3.63) is 75.5 Å². The summed E-state index contributed by atoms with van der Waals surface area (Å²) >= 11 is 13.3. The zero-order valence-electron chi connectivity index (χ0n) is 19.9. The van der Waals surface area contributed by atoms with E-state index >= 15 is 0 Å². The molecule has 2 heterocycles. The second kappa shape index (κ2) is 10.6. The largest absolute Gasteiger partial charge is 0.387 e. The molecule has 5 rings (SSSR count). The maximum atomic E-state index is 13.2. The Morgan fingerprint density at radius 2 is 1.66 bits per heavy atom. The second-order valence-corrected chi connectivity index (χ2v) is 10.2. The van der Waals surface area contributed by atoms with Crippen LogP contribution in [0.25, 0.3) is 11.1 Å². The molecule has 1 saturated carbocycles. The molecule has 2 N–H and O–H groups in total. The number of benzene rings is 2. The third-order valence-corrected chi connectivity index (χ3v) is 7.73. The van der Waals surface area contributed by atoms with Gasteiger partial charge in [-0.05, 0) is 74.0 Å². The smallest absolute Gasteiger partial charge is 0.274 e. The van der Waals surface area contributed by atoms with E-state index in [1.165, 1.54) is 43.2 Å². The van der Waals surface area contributed by atoms with Gasteiger partial charge in [0.1, 0.15) is 5.69 Å². The molecule has 1 aliphatic carbocycles. The van der Waals surface area contributed by atoms with Gasteiger partial charge in [-0.25, -0.2) is 0 Å². The number of likely N-dealkylation sites (tertiary alicyclic amines) is 1. The lowest BCUT2D eigenvalue weighted by atomic mass is 10.0. The Hall–Kier alpha value is -2.60. The predicted molar refractivity (Wildman–Crippen MR) is 145 cm³/mol. The summed E-state index contributed by atoms with van der Waals surface area (Å²) in [6, 6.07) is 13.3. The summed E-state index contributed by atoms with van der Waals surface area (Å²) in [6.07, 6.45) is 8.10. The summed E-state index contributed by atoms with van der Waals surface area (Å²) in [5.41, 5.74) is 5.86. The number of halogens is 2. The molecule has 2 aromatic carbocycles. The van der Waals surface area contributed by atoms with E-state index in [9.17, 15) is 4.79 Å². The Kier molecular flexibility index (Phi) is 7.28. The van der Waals surface area contributed by atoms with Gasteiger partial charge in [-0.2, -0.15) is 0 Å². The van der Waals surface area contributed by atoms with Crippen LogP contribution in [0.4, 0.5) is 11.4 Å². The number of piperidine rings is 1. The van der Waals surface area contributed by atoms with Crippen LogP contribution in [-0.4, -0.2) is 35.9 Å². The zero-order valence-corrected chi connectivity index (χ0v) is 21.4. The minimum atomic E-state index is -0.259. The van der Waals surface area contributed by atoms with E-state index in [-0.39, 0.29) is 5.91 Å². The molecule has 1 amide bonds. The second-order valence-electron chi connectivity index (χ2n) is 9.42. The van der Waals surface area contributed by atoms with Crippen molar-refractivity contribution in [3.8, 4) is 11.1 Å². The van der Waals surface area contributed by atoms with E-state index in [4.69, 9.17) is 23.2 Å². The highest BCUT2D eigenvalue weighted by Gasteiger charge is 2.28. The van der Waals surface area contributed by atoms with Crippen LogP contribution in [0.15, 0.2) is 48.7 Å². The monoisotopic (exact) mass is 508 g/mol. The molecule has 5 nitrogen and oxygen atoms in total. The molecular weight excluding hydrogens is 479 g/mol. The van der Waals surface area contributed by atoms with Crippen molar-refractivity contribution in [2.24, 2.45) is 0 Å². The van der Waals surface area contributed by atoms with Crippen LogP contribution >= 0.6 is 23.2 Å². The van der Waals surface area contributed by atoms with Crippen molar-refractivity contribution in [1.82, 2.24) is 9.88 Å². The number of hydrogen-bond donors (Lipinski definition) is 2. The number of carbonyl (C=O) groups is 1. The normalized spacial score (nSPS) is 16.2. The van der Waals surface area contributed by atoms with Crippen molar-refractivity contribution < 1.29 is 4.79 Å². The number of aromatic nitrogens is 1. The van der Waals surface area contributed by atoms with Gasteiger partial charge in [0.15, 0.2) is 0 Å². The summed E-state index contributed by atoms with van der Waals surface area (Å²) in [5.74, 6) is 0.281. The summed E-state index contributed by atoms with van der Waals surface area (Å²) in [7, 11) is 1.82. The standard InChI is InChI=1S/C28H30Cl2N4O/c1-31-23-9-5-7-20(26(23)29)21-8-6-10-24(27(21)30)33-28(35)25-15-22(18-11-12-18)19(16-32-25)17-34-13-3-2-4-14-34/h5-10,15-16,18,31H,2-4,11-14,17H2,1H3,(H,33,35). The number of rotatable bonds is 7. The van der Waals surface area contributed by atoms with Gasteiger partial charge >= 0.3 is 0 Å². The molecule has 1 aromatic heterocycles. The van der Waals surface area contributed by atoms with Crippen LogP contribution < -0.4 is 10.6 Å². The average molecular weight is 509 g/mol. The molecule has 182 valence electrons. The predicted octanol–water partition coefficient (Wildman–Crippen LogP) is 7.21. The maximum Gasteiger partial charge on any atom is 0.274 e. The van der Waals surface area contributed by atoms with E-state index in [0.29, 0.717) is 27.3 Å². The van der Waals surface area contributed by atoms with E-state index in [2.05, 4.69) is 20.5 Å². The molecule has 1 aliphatic heterocycles. The molecule has 0 atom stereocenters. The first kappa shape index (κ1) is 24.1. The average Bonchev–Trinajstić information content (AvgIpc) is 3.72. The quantitative estimate of drug-likeness (QED) is 0.353. The summed E-state index contributed by atoms with van der Waals surface area (Å²) in [4.78, 5) is 20.3. The van der Waals surface area contributed by atoms with Gasteiger partial charge in [0.25, 0.3) is 5.91 Å². The van der Waals surface area contributed by atoms with Crippen molar-refractivity contribution in [2.45, 2.75) is 44.6 Å². The number of anilines is 2. The van der Waals surface area contributed by atoms with Gasteiger partial charge in [-0.3, -0.25) is 14.7 Å². The fourth-order valence-corrected chi connectivity index (χ4v) is 5.44. The van der Waals surface area contributed by atoms with Gasteiger partial charge in [-0.1, -0.05) is 53.9 Å². The lowest BCUT2D eigenvalue weighted by molar-refractivity contribution is 0.102. The number of carbonyl (C=O) groups excluding carboxylic acids is 1. The van der Waals surface area contributed by atoms with Crippen LogP contribution in [0.1, 0.15) is 59.6 Å². The number of amides is 1. The first-order chi connectivity index (χ1) is 17.0. The molecule has 2 aliphatic rings. The third kappa shape index (κ3) is 5.32. The Balaban J connectivity index is 1.38. The summed E-state index contributed by atoms with van der Waals surface area (Å²) < 4.78 is 0. The molecule has 0 unspecified atom stereocenters. The Morgan fingerprint density at radius 3 is 2.31 bits per heavy atom. The fourth-order valence-electron chi connectivity index (χ4n) is 4.84. The van der Waals surface area contributed by atoms with Crippen LogP contribution in [0.2, 0.25) is 10.0 Å². The first-order valence-corrected chi connectivity index (χ1v) is 13.1. The van der Waals surface area contributed by atoms with Crippen LogP contribution in [-0.2, 0) is 6.54 Å². The number of pyridine rings is 1. The SMILES string of the molecule is CNc1cccc(-c2cccc(NC(=O)c3cc(C4CC4)c(CN4CCCCC4)cn3)c2Cl)c1Cl. The highest BCUT2D eigenvalue weighted by atomic mass is 35.5. The molecule has 1 saturated heterocycles. The zero-order chi connectivity index (χ0) is 24.4. The highest BCUT2D eigenvalue weighted by Crippen LogP contribution is 2.43. The fraction of sp³-hybridized carbons (Fsp3) is 0.357. The molecule has 2 fully saturated rings. The summed E-state index contributed by atoms with van der Waals surface area (Å²) in [5, 5.41) is 7.08. The van der Waals surface area contributed by atoms with E-state index in [1.807, 2.05) is 49.6 Å². The maximum absolute atomic E-state index is 13.2. The van der Waals surface area contributed by atoms with Crippen molar-refractivity contribution in [1.29, 1.82) is 0 Å². The first-order valence-electron chi connectivity index (χ1n) is 12.3. The van der Waals surface area contributed by atoms with E-state index in [0.717, 1.165) is 36.4 Å². The summed E-state index contributed by atoms with van der Waals surface area (Å²) in [6.45, 7) is 3.20. The van der Waals surface area contributed by atoms with Gasteiger partial charge < -0.3 is 10.6 Å². The molecule has 7 heteroatoms. The molecule has 0 bridgehead atoms. The Morgan fingerprint density at radius 1 is 1.00 bits per heavy atom. The van der Waals surface area contributed by atoms with Crippen molar-refractivity contribution >= 4 is 40.5 Å². The van der Waals surface area contributed by atoms with Gasteiger partial charge in [0, 0.05) is 30.9 Å². The minimum Gasteiger partial charge on any atom is -0.387 e. The van der Waals surface area contributed by atoms with Crippen LogP contribution in [0, 0.1) is 0 Å². The minimum absolute atomic E-state index is 0.259. The van der Waals surface area contributed by atoms with Crippen LogP contribution in [0.3, 0.4) is 0 Å². The van der Waals surface area contributed by atoms with Crippen molar-refractivity contribution in [2.75, 3.05) is 30.8 Å². The van der Waals surface area contributed by atoms with Crippen LogP contribution in [0.5, 0.6) is 0 Å². The number of nitrogens with zero attached hydrogens (tertiary/aromatic N) is 2. The molecule has 0 radical (unpaired) electrons. The van der Waals surface area contributed by atoms with E-state index in [1.54, 1.807) is 6.07 Å². The topological polar surface area (TPSA) is 57.3 Å². The lowest BCUT2D eigenvalue weighted by Crippen LogP contribution is -2.29. The van der Waals surface area contributed by atoms with Crippen molar-refractivity contribution in [3.63, 3.8) is 0 Å². The molecule has 0 spiro atoms. The van der Waals surface area contributed by atoms with Gasteiger partial charge in [0.2, 0.25) is 0 Å². The van der Waals surface area contributed by atoms with Gasteiger partial charge in [-0.15, -0.1) is 0 Å². The Bertz CT molecular complexity index is 1240. The Labute approximate surface area is 216 Å². The molecule has 3 aromatic rings. The van der Waals surface area contributed by atoms with E-state index < -0.39 is 0 Å². The van der Waals surface area contributed by atoms with Gasteiger partial charge in [0.05, 0.1) is 21.4 Å². The highest BCUT2D eigenvalue weighted by molar-refractivity contribution is 6.39. The molecule has 35 heavy (non-hydrogen) atoms. The number of hydrogen-bond acceptors (Lipinski definition) is 4. The lowest BCUT2D eigenvalue weighted by Gasteiger charge is -2.27.